The number of rotatable bonds is 4. The highest BCUT2D eigenvalue weighted by Crippen LogP contribution is 2.33. The third kappa shape index (κ3) is 9.78. The van der Waals surface area contributed by atoms with Crippen LogP contribution in [-0.4, -0.2) is 62.3 Å². The quantitative estimate of drug-likeness (QED) is 0.228. The summed E-state index contributed by atoms with van der Waals surface area (Å²) >= 11 is 0. The molecule has 4 N–H and O–H groups in total. The number of aliphatic hydroxyl groups is 2. The van der Waals surface area contributed by atoms with Crippen LogP contribution in [0.2, 0.25) is 19.6 Å². The predicted octanol–water partition coefficient (Wildman–Crippen LogP) is 2.17. The Morgan fingerprint density at radius 3 is 1.86 bits per heavy atom. The van der Waals surface area contributed by atoms with Gasteiger partial charge in [0.15, 0.2) is 0 Å². The third-order valence-corrected chi connectivity index (χ3v) is 7.49. The average Bonchev–Trinajstić information content (AvgIpc) is 3.44. The van der Waals surface area contributed by atoms with E-state index in [0.717, 1.165) is 17.4 Å². The first-order chi connectivity index (χ1) is 18.8. The maximum absolute atomic E-state index is 12.1. The molecule has 0 amide bonds. The highest BCUT2D eigenvalue weighted by Gasteiger charge is 2.35. The minimum atomic E-state index is -1.59. The second kappa shape index (κ2) is 16.4. The van der Waals surface area contributed by atoms with E-state index in [1.165, 1.54) is 10.8 Å². The zero-order valence-electron chi connectivity index (χ0n) is 23.3. The smallest absolute Gasteiger partial charge is 0.330 e. The molecule has 0 saturated carbocycles. The van der Waals surface area contributed by atoms with Gasteiger partial charge >= 0.3 is 11.4 Å². The van der Waals surface area contributed by atoms with Crippen LogP contribution in [0.25, 0.3) is 0 Å². The fourth-order valence-electron chi connectivity index (χ4n) is 4.43. The summed E-state index contributed by atoms with van der Waals surface area (Å²) in [4.78, 5) is 51.3. The van der Waals surface area contributed by atoms with Crippen LogP contribution in [0.4, 0.5) is 0 Å². The Labute approximate surface area is 254 Å². The number of nitrogens with one attached hydrogen (secondary N) is 2. The molecule has 2 aliphatic heterocycles. The summed E-state index contributed by atoms with van der Waals surface area (Å²) in [5.74, 6) is 5.48. The molecule has 0 aromatic carbocycles. The molecular formula is C30H48N4O8Si. The lowest BCUT2D eigenvalue weighted by atomic mass is 10.0. The van der Waals surface area contributed by atoms with Crippen LogP contribution >= 0.6 is 0 Å². The maximum atomic E-state index is 12.1. The van der Waals surface area contributed by atoms with Crippen LogP contribution in [0.3, 0.4) is 0 Å². The monoisotopic (exact) mass is 623 g/mol. The van der Waals surface area contributed by atoms with Crippen molar-refractivity contribution < 1.29 is 19.7 Å². The van der Waals surface area contributed by atoms with Gasteiger partial charge in [-0.15, -0.1) is 12.0 Å². The molecule has 2 fully saturated rings. The predicted molar refractivity (Wildman–Crippen MR) is 171 cm³/mol. The molecule has 2 saturated heterocycles. The van der Waals surface area contributed by atoms with Crippen molar-refractivity contribution in [1.82, 2.24) is 19.1 Å². The fourth-order valence-corrected chi connectivity index (χ4v) is 4.94. The number of aromatic amines is 2. The highest BCUT2D eigenvalue weighted by atomic mass is 28.3. The first kappa shape index (κ1) is 39.5. The molecule has 0 spiro atoms. The van der Waals surface area contributed by atoms with Crippen molar-refractivity contribution in [3.05, 3.63) is 65.2 Å². The lowest BCUT2D eigenvalue weighted by Gasteiger charge is -2.15. The second-order valence-corrected chi connectivity index (χ2v) is 15.7. The lowest BCUT2D eigenvalue weighted by molar-refractivity contribution is -0.0459. The minimum Gasteiger partial charge on any atom is -0.394 e. The number of aliphatic hydroxyl groups excluding tert-OH is 2. The highest BCUT2D eigenvalue weighted by molar-refractivity contribution is 6.83. The van der Waals surface area contributed by atoms with Crippen molar-refractivity contribution in [2.45, 2.75) is 106 Å². The van der Waals surface area contributed by atoms with Crippen LogP contribution in [0, 0.1) is 29.7 Å². The third-order valence-electron chi connectivity index (χ3n) is 6.61. The van der Waals surface area contributed by atoms with Gasteiger partial charge in [-0.1, -0.05) is 67.6 Å². The van der Waals surface area contributed by atoms with Gasteiger partial charge < -0.3 is 19.7 Å². The van der Waals surface area contributed by atoms with Crippen molar-refractivity contribution in [2.24, 2.45) is 5.92 Å². The molecule has 2 aromatic rings. The summed E-state index contributed by atoms with van der Waals surface area (Å²) in [5, 5.41) is 18.5. The van der Waals surface area contributed by atoms with E-state index in [1.807, 2.05) is 0 Å². The summed E-state index contributed by atoms with van der Waals surface area (Å²) in [6, 6.07) is 0. The molecule has 6 atom stereocenters. The number of H-pyrrole nitrogens is 2. The Bertz CT molecular complexity index is 1550. The Morgan fingerprint density at radius 1 is 0.930 bits per heavy atom. The Kier molecular flexibility index (Phi) is 15.1. The Morgan fingerprint density at radius 2 is 1.42 bits per heavy atom. The number of hydrogen-bond donors (Lipinski definition) is 4. The molecule has 240 valence electrons. The summed E-state index contributed by atoms with van der Waals surface area (Å²) in [5.41, 5.74) is 1.32. The van der Waals surface area contributed by atoms with Gasteiger partial charge in [0.1, 0.15) is 37.8 Å². The van der Waals surface area contributed by atoms with Crippen LogP contribution in [0.15, 0.2) is 31.6 Å². The van der Waals surface area contributed by atoms with Crippen molar-refractivity contribution in [2.75, 3.05) is 6.61 Å². The number of terminal acetylenes is 1. The molecule has 43 heavy (non-hydrogen) atoms. The van der Waals surface area contributed by atoms with Crippen molar-refractivity contribution >= 4 is 8.07 Å². The molecular weight excluding hydrogens is 575 g/mol. The van der Waals surface area contributed by atoms with E-state index >= 15 is 0 Å². The van der Waals surface area contributed by atoms with Gasteiger partial charge in [-0.3, -0.25) is 28.7 Å². The number of aromatic nitrogens is 4. The molecule has 4 heterocycles. The molecule has 0 bridgehead atoms. The largest absolute Gasteiger partial charge is 0.394 e. The van der Waals surface area contributed by atoms with Gasteiger partial charge in [0.05, 0.1) is 18.8 Å². The molecule has 4 rings (SSSR count). The number of nitrogens with zero attached hydrogens (tertiary/aromatic N) is 2. The van der Waals surface area contributed by atoms with Crippen LogP contribution < -0.4 is 22.5 Å². The normalized spacial score (nSPS) is 24.0. The maximum Gasteiger partial charge on any atom is 0.330 e. The molecule has 0 aliphatic carbocycles. The topological polar surface area (TPSA) is 169 Å². The van der Waals surface area contributed by atoms with Crippen molar-refractivity contribution in [3.63, 3.8) is 0 Å². The van der Waals surface area contributed by atoms with Gasteiger partial charge in [-0.05, 0) is 18.8 Å². The Balaban J connectivity index is 0.000000779. The lowest BCUT2D eigenvalue weighted by Crippen LogP contribution is -2.33. The SMILES string of the molecule is C.C.C.C#[13C]c1cn([C@H]2C[C@@H](O)[C@@H](CO)O2)c(=O)[nH]c1=O.CC[C@H]1O[C@@H](n2cc([13C]#[13C][Si](C)(C)C)c(=O)[nH]c2=O)C[C@H]1C. The molecule has 13 heteroatoms. The first-order valence-corrected chi connectivity index (χ1v) is 16.6. The average molecular weight is 624 g/mol. The van der Waals surface area contributed by atoms with E-state index in [1.54, 1.807) is 6.20 Å². The van der Waals surface area contributed by atoms with E-state index in [2.05, 4.69) is 60.8 Å². The number of hydrogen-bond acceptors (Lipinski definition) is 8. The first-order valence-electron chi connectivity index (χ1n) is 13.1. The fraction of sp³-hybridized carbons (Fsp3) is 0.600. The van der Waals surface area contributed by atoms with Crippen LogP contribution in [-0.2, 0) is 9.47 Å². The Hall–Kier alpha value is -3.46. The van der Waals surface area contributed by atoms with Gasteiger partial charge in [0.25, 0.3) is 11.1 Å². The van der Waals surface area contributed by atoms with E-state index in [4.69, 9.17) is 21.0 Å². The van der Waals surface area contributed by atoms with Crippen molar-refractivity contribution in [3.8, 4) is 23.8 Å². The molecule has 2 aromatic heterocycles. The van der Waals surface area contributed by atoms with Crippen LogP contribution in [0.5, 0.6) is 0 Å². The van der Waals surface area contributed by atoms with Gasteiger partial charge in [-0.2, -0.15) is 0 Å². The van der Waals surface area contributed by atoms with E-state index < -0.39 is 49.0 Å². The zero-order chi connectivity index (χ0) is 29.8. The molecule has 2 aliphatic rings. The second-order valence-electron chi connectivity index (χ2n) is 10.9. The summed E-state index contributed by atoms with van der Waals surface area (Å²) < 4.78 is 13.8. The summed E-state index contributed by atoms with van der Waals surface area (Å²) in [7, 11) is -1.59. The standard InChI is InChI=1S/C16H24N2O3Si.C11H12N2O5.3CH4/c1-6-13-11(2)9-14(21-13)18-10-12(7-8-22(3,4)5)15(19)17-16(18)20;1-2-6-4-13(11(17)12-10(6)16)9-3-7(15)8(5-14)18-9;;;/h10-11,13-14H,6,9H2,1-5H3,(H,17,19,20);1,4,7-9,14-15H,3,5H2,(H,12,16,17);3*1H4/t11-,13-,14-;7-,8-,9-;;;/m11.../s1/i7+1,8+1;2+1;;;. The van der Waals surface area contributed by atoms with Gasteiger partial charge in [-0.25, -0.2) is 9.59 Å². The van der Waals surface area contributed by atoms with Gasteiger partial charge in [0, 0.05) is 18.8 Å². The van der Waals surface area contributed by atoms with E-state index in [9.17, 15) is 24.3 Å². The summed E-state index contributed by atoms with van der Waals surface area (Å²) in [6.07, 6.45) is 7.17. The van der Waals surface area contributed by atoms with E-state index in [-0.39, 0.29) is 53.2 Å². The molecule has 0 unspecified atom stereocenters. The number of ether oxygens (including phenoxy) is 2. The van der Waals surface area contributed by atoms with Crippen molar-refractivity contribution in [1.29, 1.82) is 0 Å². The minimum absolute atomic E-state index is 0. The molecule has 12 nitrogen and oxygen atoms in total. The zero-order valence-corrected chi connectivity index (χ0v) is 24.3. The summed E-state index contributed by atoms with van der Waals surface area (Å²) in [6.45, 7) is 10.2. The van der Waals surface area contributed by atoms with Gasteiger partial charge in [0.2, 0.25) is 0 Å². The van der Waals surface area contributed by atoms with Crippen LogP contribution in [0.1, 0.15) is 79.0 Å². The van der Waals surface area contributed by atoms with E-state index in [0.29, 0.717) is 11.5 Å². The molecule has 0 radical (unpaired) electrons.